The van der Waals surface area contributed by atoms with Crippen LogP contribution in [0.25, 0.3) is 0 Å². The van der Waals surface area contributed by atoms with Crippen LogP contribution in [0, 0.1) is 0 Å². The molecule has 98 valence electrons. The van der Waals surface area contributed by atoms with Gasteiger partial charge in [-0.1, -0.05) is 35.3 Å². The molecule has 3 nitrogen and oxygen atoms in total. The van der Waals surface area contributed by atoms with Crippen molar-refractivity contribution in [2.45, 2.75) is 25.4 Å². The molecule has 0 atom stereocenters. The number of likely N-dealkylation sites (N-methyl/N-ethyl adjacent to an activating group) is 1. The van der Waals surface area contributed by atoms with Gasteiger partial charge in [0.15, 0.2) is 0 Å². The minimum absolute atomic E-state index is 0.0675. The van der Waals surface area contributed by atoms with Crippen molar-refractivity contribution >= 4 is 29.1 Å². The first-order chi connectivity index (χ1) is 8.58. The van der Waals surface area contributed by atoms with E-state index in [1.54, 1.807) is 18.0 Å². The van der Waals surface area contributed by atoms with Crippen molar-refractivity contribution in [3.8, 4) is 0 Å². The fourth-order valence-corrected chi connectivity index (χ4v) is 2.05. The van der Waals surface area contributed by atoms with Crippen molar-refractivity contribution < 1.29 is 4.79 Å². The van der Waals surface area contributed by atoms with E-state index in [9.17, 15) is 4.79 Å². The lowest BCUT2D eigenvalue weighted by molar-refractivity contribution is -0.129. The van der Waals surface area contributed by atoms with E-state index < -0.39 is 0 Å². The summed E-state index contributed by atoms with van der Waals surface area (Å²) < 4.78 is 0. The lowest BCUT2D eigenvalue weighted by atomic mass is 10.2. The van der Waals surface area contributed by atoms with E-state index in [2.05, 4.69) is 5.32 Å². The fourth-order valence-electron chi connectivity index (χ4n) is 1.67. The third kappa shape index (κ3) is 3.61. The van der Waals surface area contributed by atoms with Crippen LogP contribution >= 0.6 is 23.2 Å². The van der Waals surface area contributed by atoms with Crippen molar-refractivity contribution in [1.82, 2.24) is 10.2 Å². The summed E-state index contributed by atoms with van der Waals surface area (Å²) in [7, 11) is 1.77. The van der Waals surface area contributed by atoms with E-state index in [0.29, 0.717) is 29.2 Å². The van der Waals surface area contributed by atoms with E-state index in [1.165, 1.54) is 12.8 Å². The van der Waals surface area contributed by atoms with Crippen LogP contribution in [0.3, 0.4) is 0 Å². The summed E-state index contributed by atoms with van der Waals surface area (Å²) in [6.07, 6.45) is 2.36. The number of carbonyl (C=O) groups is 1. The number of nitrogens with zero attached hydrogens (tertiary/aromatic N) is 1. The van der Waals surface area contributed by atoms with Gasteiger partial charge in [-0.15, -0.1) is 0 Å². The summed E-state index contributed by atoms with van der Waals surface area (Å²) >= 11 is 12.0. The predicted octanol–water partition coefficient (Wildman–Crippen LogP) is 2.70. The van der Waals surface area contributed by atoms with Gasteiger partial charge < -0.3 is 10.2 Å². The number of rotatable bonds is 5. The van der Waals surface area contributed by atoms with Crippen LogP contribution in [0.4, 0.5) is 0 Å². The highest BCUT2D eigenvalue weighted by atomic mass is 35.5. The zero-order chi connectivity index (χ0) is 13.1. The van der Waals surface area contributed by atoms with Gasteiger partial charge in [-0.25, -0.2) is 0 Å². The molecule has 1 N–H and O–H groups in total. The Morgan fingerprint density at radius 1 is 1.44 bits per heavy atom. The monoisotopic (exact) mass is 286 g/mol. The number of nitrogens with one attached hydrogen (secondary N) is 1. The van der Waals surface area contributed by atoms with Gasteiger partial charge in [-0.3, -0.25) is 4.79 Å². The Morgan fingerprint density at radius 3 is 2.83 bits per heavy atom. The lowest BCUT2D eigenvalue weighted by Gasteiger charge is -2.18. The molecule has 0 aromatic heterocycles. The van der Waals surface area contributed by atoms with E-state index in [0.717, 1.165) is 5.56 Å². The maximum Gasteiger partial charge on any atom is 0.236 e. The van der Waals surface area contributed by atoms with Crippen LogP contribution in [0.15, 0.2) is 18.2 Å². The van der Waals surface area contributed by atoms with Crippen molar-refractivity contribution in [1.29, 1.82) is 0 Å². The molecule has 1 fully saturated rings. The summed E-state index contributed by atoms with van der Waals surface area (Å²) in [5, 5.41) is 4.24. The number of hydrogen-bond acceptors (Lipinski definition) is 2. The van der Waals surface area contributed by atoms with E-state index in [-0.39, 0.29) is 5.91 Å². The number of carbonyl (C=O) groups excluding carboxylic acids is 1. The number of benzene rings is 1. The molecule has 0 aliphatic heterocycles. The van der Waals surface area contributed by atoms with Crippen molar-refractivity contribution in [2.24, 2.45) is 0 Å². The summed E-state index contributed by atoms with van der Waals surface area (Å²) in [5.74, 6) is 0.0675. The van der Waals surface area contributed by atoms with Crippen molar-refractivity contribution in [2.75, 3.05) is 13.6 Å². The van der Waals surface area contributed by atoms with Gasteiger partial charge in [0.1, 0.15) is 0 Å². The molecule has 1 aromatic rings. The second kappa shape index (κ2) is 5.91. The Balaban J connectivity index is 1.90. The second-order valence-corrected chi connectivity index (χ2v) is 5.40. The van der Waals surface area contributed by atoms with Gasteiger partial charge in [-0.2, -0.15) is 0 Å². The van der Waals surface area contributed by atoms with Gasteiger partial charge in [0.25, 0.3) is 0 Å². The standard InChI is InChI=1S/C13H16Cl2N2O/c1-17(12(18)7-16-10-5-6-10)8-9-3-2-4-11(14)13(9)15/h2-4,10,16H,5-8H2,1H3. The highest BCUT2D eigenvalue weighted by Gasteiger charge is 2.22. The third-order valence-electron chi connectivity index (χ3n) is 2.98. The van der Waals surface area contributed by atoms with Gasteiger partial charge in [0, 0.05) is 19.6 Å². The van der Waals surface area contributed by atoms with E-state index in [4.69, 9.17) is 23.2 Å². The van der Waals surface area contributed by atoms with Crippen LogP contribution in [0.1, 0.15) is 18.4 Å². The molecule has 2 rings (SSSR count). The molecule has 5 heteroatoms. The zero-order valence-corrected chi connectivity index (χ0v) is 11.8. The Hall–Kier alpha value is -0.770. The van der Waals surface area contributed by atoms with Crippen LogP contribution in [0.5, 0.6) is 0 Å². The zero-order valence-electron chi connectivity index (χ0n) is 10.2. The molecule has 1 aliphatic rings. The van der Waals surface area contributed by atoms with Crippen LogP contribution in [-0.4, -0.2) is 30.4 Å². The topological polar surface area (TPSA) is 32.3 Å². The molecule has 1 saturated carbocycles. The molecule has 0 spiro atoms. The molecular formula is C13H16Cl2N2O. The smallest absolute Gasteiger partial charge is 0.236 e. The van der Waals surface area contributed by atoms with Crippen LogP contribution < -0.4 is 5.32 Å². The Morgan fingerprint density at radius 2 is 2.17 bits per heavy atom. The van der Waals surface area contributed by atoms with E-state index >= 15 is 0 Å². The summed E-state index contributed by atoms with van der Waals surface area (Å²) in [6, 6.07) is 6.00. The predicted molar refractivity (Wildman–Crippen MR) is 74.0 cm³/mol. The summed E-state index contributed by atoms with van der Waals surface area (Å²) in [6.45, 7) is 0.865. The van der Waals surface area contributed by atoms with Gasteiger partial charge in [-0.05, 0) is 24.5 Å². The first kappa shape index (κ1) is 13.7. The Kier molecular flexibility index (Phi) is 4.49. The summed E-state index contributed by atoms with van der Waals surface area (Å²) in [5.41, 5.74) is 0.867. The highest BCUT2D eigenvalue weighted by Crippen LogP contribution is 2.26. The van der Waals surface area contributed by atoms with Gasteiger partial charge >= 0.3 is 0 Å². The molecule has 0 saturated heterocycles. The molecule has 1 amide bonds. The number of halogens is 2. The fraction of sp³-hybridized carbons (Fsp3) is 0.462. The Labute approximate surface area is 117 Å². The van der Waals surface area contributed by atoms with Crippen molar-refractivity contribution in [3.05, 3.63) is 33.8 Å². The minimum atomic E-state index is 0.0675. The number of amides is 1. The SMILES string of the molecule is CN(Cc1cccc(Cl)c1Cl)C(=O)CNC1CC1. The van der Waals surface area contributed by atoms with Gasteiger partial charge in [0.05, 0.1) is 16.6 Å². The lowest BCUT2D eigenvalue weighted by Crippen LogP contribution is -2.36. The molecule has 0 radical (unpaired) electrons. The average Bonchev–Trinajstić information content (AvgIpc) is 3.16. The van der Waals surface area contributed by atoms with Crippen LogP contribution in [-0.2, 0) is 11.3 Å². The molecule has 1 aromatic carbocycles. The molecule has 18 heavy (non-hydrogen) atoms. The third-order valence-corrected chi connectivity index (χ3v) is 3.84. The maximum absolute atomic E-state index is 11.9. The molecule has 0 heterocycles. The molecule has 1 aliphatic carbocycles. The first-order valence-electron chi connectivity index (χ1n) is 5.98. The van der Waals surface area contributed by atoms with Gasteiger partial charge in [0.2, 0.25) is 5.91 Å². The van der Waals surface area contributed by atoms with Crippen molar-refractivity contribution in [3.63, 3.8) is 0 Å². The molecule has 0 unspecified atom stereocenters. The molecule has 0 bridgehead atoms. The Bertz CT molecular complexity index is 447. The quantitative estimate of drug-likeness (QED) is 0.903. The normalized spacial score (nSPS) is 14.6. The average molecular weight is 287 g/mol. The van der Waals surface area contributed by atoms with E-state index in [1.807, 2.05) is 12.1 Å². The van der Waals surface area contributed by atoms with Crippen LogP contribution in [0.2, 0.25) is 10.0 Å². The highest BCUT2D eigenvalue weighted by molar-refractivity contribution is 6.42. The number of hydrogen-bond donors (Lipinski definition) is 1. The maximum atomic E-state index is 11.9. The second-order valence-electron chi connectivity index (χ2n) is 4.62. The first-order valence-corrected chi connectivity index (χ1v) is 6.73. The minimum Gasteiger partial charge on any atom is -0.340 e. The largest absolute Gasteiger partial charge is 0.340 e. The molecular weight excluding hydrogens is 271 g/mol. The summed E-state index contributed by atoms with van der Waals surface area (Å²) in [4.78, 5) is 13.5.